The number of nitrogens with two attached hydrogens (primary N) is 1. The van der Waals surface area contributed by atoms with Gasteiger partial charge in [-0.05, 0) is 52.4 Å². The Morgan fingerprint density at radius 3 is 2.59 bits per heavy atom. The molecule has 0 radical (unpaired) electrons. The first-order chi connectivity index (χ1) is 7.89. The van der Waals surface area contributed by atoms with Gasteiger partial charge in [-0.1, -0.05) is 13.8 Å². The monoisotopic (exact) mass is 303 g/mol. The third-order valence-electron chi connectivity index (χ3n) is 2.95. The van der Waals surface area contributed by atoms with E-state index >= 15 is 0 Å². The molecule has 0 saturated carbocycles. The van der Waals surface area contributed by atoms with Gasteiger partial charge in [-0.2, -0.15) is 0 Å². The van der Waals surface area contributed by atoms with Gasteiger partial charge in [0.1, 0.15) is 11.6 Å². The zero-order valence-corrected chi connectivity index (χ0v) is 12.1. The molecular weight excluding hydrogens is 285 g/mol. The van der Waals surface area contributed by atoms with Crippen LogP contribution in [0.4, 0.5) is 4.39 Å². The lowest BCUT2D eigenvalue weighted by Crippen LogP contribution is -2.24. The second-order valence-electron chi connectivity index (χ2n) is 4.95. The SMILES string of the molecule is COc1cc(F)c(Br)cc1CCC(C)(C)CN. The molecule has 0 aromatic heterocycles. The Kier molecular flexibility index (Phi) is 4.95. The van der Waals surface area contributed by atoms with Crippen LogP contribution in [0.5, 0.6) is 5.75 Å². The Morgan fingerprint density at radius 2 is 2.06 bits per heavy atom. The second-order valence-corrected chi connectivity index (χ2v) is 5.80. The molecular formula is C13H19BrFNO. The van der Waals surface area contributed by atoms with Crippen molar-refractivity contribution in [2.45, 2.75) is 26.7 Å². The van der Waals surface area contributed by atoms with Gasteiger partial charge >= 0.3 is 0 Å². The van der Waals surface area contributed by atoms with Gasteiger partial charge in [0.05, 0.1) is 11.6 Å². The number of halogens is 2. The van der Waals surface area contributed by atoms with Gasteiger partial charge in [-0.15, -0.1) is 0 Å². The lowest BCUT2D eigenvalue weighted by Gasteiger charge is -2.22. The molecule has 0 bridgehead atoms. The summed E-state index contributed by atoms with van der Waals surface area (Å²) in [6.07, 6.45) is 1.77. The van der Waals surface area contributed by atoms with Crippen molar-refractivity contribution in [1.82, 2.24) is 0 Å². The lowest BCUT2D eigenvalue weighted by molar-refractivity contribution is 0.342. The molecule has 1 aromatic carbocycles. The van der Waals surface area contributed by atoms with Crippen molar-refractivity contribution < 1.29 is 9.13 Å². The van der Waals surface area contributed by atoms with E-state index in [0.29, 0.717) is 16.8 Å². The number of rotatable bonds is 5. The van der Waals surface area contributed by atoms with Crippen molar-refractivity contribution in [1.29, 1.82) is 0 Å². The van der Waals surface area contributed by atoms with E-state index in [-0.39, 0.29) is 11.2 Å². The van der Waals surface area contributed by atoms with Gasteiger partial charge in [-0.3, -0.25) is 0 Å². The van der Waals surface area contributed by atoms with Crippen molar-refractivity contribution in [3.8, 4) is 5.75 Å². The van der Waals surface area contributed by atoms with Gasteiger partial charge in [-0.25, -0.2) is 4.39 Å². The van der Waals surface area contributed by atoms with Crippen LogP contribution in [0.3, 0.4) is 0 Å². The number of hydrogen-bond donors (Lipinski definition) is 1. The first-order valence-electron chi connectivity index (χ1n) is 5.61. The van der Waals surface area contributed by atoms with Gasteiger partial charge in [0.15, 0.2) is 0 Å². The molecule has 0 aliphatic heterocycles. The van der Waals surface area contributed by atoms with Crippen LogP contribution in [0.25, 0.3) is 0 Å². The second kappa shape index (κ2) is 5.83. The number of methoxy groups -OCH3 is 1. The van der Waals surface area contributed by atoms with Crippen LogP contribution in [-0.4, -0.2) is 13.7 Å². The maximum atomic E-state index is 13.3. The maximum Gasteiger partial charge on any atom is 0.141 e. The Hall–Kier alpha value is -0.610. The van der Waals surface area contributed by atoms with Crippen molar-refractivity contribution in [3.63, 3.8) is 0 Å². The van der Waals surface area contributed by atoms with E-state index in [2.05, 4.69) is 29.8 Å². The molecule has 0 heterocycles. The summed E-state index contributed by atoms with van der Waals surface area (Å²) in [6.45, 7) is 4.88. The minimum atomic E-state index is -0.302. The maximum absolute atomic E-state index is 13.3. The molecule has 0 saturated heterocycles. The van der Waals surface area contributed by atoms with E-state index in [1.807, 2.05) is 0 Å². The average molecular weight is 304 g/mol. The molecule has 1 aromatic rings. The smallest absolute Gasteiger partial charge is 0.141 e. The summed E-state index contributed by atoms with van der Waals surface area (Å²) in [4.78, 5) is 0. The van der Waals surface area contributed by atoms with Gasteiger partial charge < -0.3 is 10.5 Å². The largest absolute Gasteiger partial charge is 0.496 e. The highest BCUT2D eigenvalue weighted by atomic mass is 79.9. The number of hydrogen-bond acceptors (Lipinski definition) is 2. The van der Waals surface area contributed by atoms with E-state index in [4.69, 9.17) is 10.5 Å². The van der Waals surface area contributed by atoms with Gasteiger partial charge in [0.25, 0.3) is 0 Å². The fourth-order valence-electron chi connectivity index (χ4n) is 1.53. The zero-order chi connectivity index (χ0) is 13.1. The summed E-state index contributed by atoms with van der Waals surface area (Å²) in [5.41, 5.74) is 6.79. The van der Waals surface area contributed by atoms with Crippen LogP contribution in [0, 0.1) is 11.2 Å². The highest BCUT2D eigenvalue weighted by molar-refractivity contribution is 9.10. The number of benzene rings is 1. The molecule has 0 aliphatic carbocycles. The first kappa shape index (κ1) is 14.5. The fourth-order valence-corrected chi connectivity index (χ4v) is 1.92. The lowest BCUT2D eigenvalue weighted by atomic mass is 9.86. The van der Waals surface area contributed by atoms with E-state index in [0.717, 1.165) is 18.4 Å². The van der Waals surface area contributed by atoms with E-state index in [1.165, 1.54) is 6.07 Å². The zero-order valence-electron chi connectivity index (χ0n) is 10.5. The minimum absolute atomic E-state index is 0.0892. The molecule has 0 spiro atoms. The predicted octanol–water partition coefficient (Wildman–Crippen LogP) is 3.51. The van der Waals surface area contributed by atoms with E-state index in [1.54, 1.807) is 13.2 Å². The van der Waals surface area contributed by atoms with Crippen LogP contribution in [-0.2, 0) is 6.42 Å². The van der Waals surface area contributed by atoms with E-state index in [9.17, 15) is 4.39 Å². The van der Waals surface area contributed by atoms with Crippen LogP contribution in [0.15, 0.2) is 16.6 Å². The highest BCUT2D eigenvalue weighted by Crippen LogP contribution is 2.30. The Morgan fingerprint density at radius 1 is 1.41 bits per heavy atom. The molecule has 17 heavy (non-hydrogen) atoms. The summed E-state index contributed by atoms with van der Waals surface area (Å²) in [5.74, 6) is 0.294. The summed E-state index contributed by atoms with van der Waals surface area (Å²) in [5, 5.41) is 0. The Bertz CT molecular complexity index is 393. The Labute approximate surface area is 110 Å². The van der Waals surface area contributed by atoms with Crippen LogP contribution in [0.1, 0.15) is 25.8 Å². The molecule has 0 amide bonds. The summed E-state index contributed by atoms with van der Waals surface area (Å²) in [6, 6.07) is 3.19. The fraction of sp³-hybridized carbons (Fsp3) is 0.538. The molecule has 2 nitrogen and oxygen atoms in total. The van der Waals surface area contributed by atoms with Crippen LogP contribution in [0.2, 0.25) is 0 Å². The number of aryl methyl sites for hydroxylation is 1. The minimum Gasteiger partial charge on any atom is -0.496 e. The summed E-state index contributed by atoms with van der Waals surface area (Å²) in [7, 11) is 1.56. The topological polar surface area (TPSA) is 35.2 Å². The number of ether oxygens (including phenoxy) is 1. The van der Waals surface area contributed by atoms with Crippen molar-refractivity contribution in [2.24, 2.45) is 11.1 Å². The quantitative estimate of drug-likeness (QED) is 0.903. The van der Waals surface area contributed by atoms with Crippen LogP contribution >= 0.6 is 15.9 Å². The summed E-state index contributed by atoms with van der Waals surface area (Å²) < 4.78 is 19.0. The molecule has 0 fully saturated rings. The van der Waals surface area contributed by atoms with Crippen molar-refractivity contribution in [3.05, 3.63) is 28.0 Å². The third kappa shape index (κ3) is 3.96. The standard InChI is InChI=1S/C13H19BrFNO/c1-13(2,8-16)5-4-9-6-10(14)11(15)7-12(9)17-3/h6-7H,4-5,8,16H2,1-3H3. The van der Waals surface area contributed by atoms with Gasteiger partial charge in [0, 0.05) is 6.07 Å². The third-order valence-corrected chi connectivity index (χ3v) is 3.55. The van der Waals surface area contributed by atoms with E-state index < -0.39 is 0 Å². The molecule has 0 unspecified atom stereocenters. The molecule has 96 valence electrons. The van der Waals surface area contributed by atoms with Crippen molar-refractivity contribution >= 4 is 15.9 Å². The Balaban J connectivity index is 2.87. The van der Waals surface area contributed by atoms with Crippen LogP contribution < -0.4 is 10.5 Å². The normalized spacial score (nSPS) is 11.6. The highest BCUT2D eigenvalue weighted by Gasteiger charge is 2.17. The summed E-state index contributed by atoms with van der Waals surface area (Å²) >= 11 is 3.19. The first-order valence-corrected chi connectivity index (χ1v) is 6.41. The molecule has 2 N–H and O–H groups in total. The molecule has 1 rings (SSSR count). The molecule has 4 heteroatoms. The van der Waals surface area contributed by atoms with Crippen molar-refractivity contribution in [2.75, 3.05) is 13.7 Å². The average Bonchev–Trinajstić information content (AvgIpc) is 2.30. The molecule has 0 aliphatic rings. The molecule has 0 atom stereocenters. The predicted molar refractivity (Wildman–Crippen MR) is 71.8 cm³/mol. The van der Waals surface area contributed by atoms with Gasteiger partial charge in [0.2, 0.25) is 0 Å².